The van der Waals surface area contributed by atoms with Gasteiger partial charge in [0.1, 0.15) is 5.76 Å². The van der Waals surface area contributed by atoms with Crippen LogP contribution >= 0.6 is 0 Å². The van der Waals surface area contributed by atoms with Crippen LogP contribution in [0.3, 0.4) is 0 Å². The second-order valence-electron chi connectivity index (χ2n) is 7.93. The van der Waals surface area contributed by atoms with Gasteiger partial charge in [-0.2, -0.15) is 0 Å². The summed E-state index contributed by atoms with van der Waals surface area (Å²) >= 11 is 0. The number of benzene rings is 1. The number of rotatable bonds is 14. The molecule has 0 spiro atoms. The zero-order valence-electron chi connectivity index (χ0n) is 17.7. The van der Waals surface area contributed by atoms with Crippen LogP contribution in [0.4, 0.5) is 0 Å². The summed E-state index contributed by atoms with van der Waals surface area (Å²) in [6.45, 7) is 2.78. The average Bonchev–Trinajstić information content (AvgIpc) is 2.71. The fraction of sp³-hybridized carbons (Fsp3) is 0.560. The average molecular weight is 401 g/mol. The molecule has 1 aliphatic rings. The van der Waals surface area contributed by atoms with E-state index in [4.69, 9.17) is 4.74 Å². The van der Waals surface area contributed by atoms with Gasteiger partial charge in [-0.25, -0.2) is 0 Å². The maximum Gasteiger partial charge on any atom is 0.200 e. The minimum absolute atomic E-state index is 0.322. The predicted octanol–water partition coefficient (Wildman–Crippen LogP) is 5.56. The van der Waals surface area contributed by atoms with Gasteiger partial charge in [0.15, 0.2) is 5.78 Å². The van der Waals surface area contributed by atoms with E-state index >= 15 is 0 Å². The fourth-order valence-corrected chi connectivity index (χ4v) is 3.61. The number of ketones is 1. The normalized spacial score (nSPS) is 17.8. The molecule has 0 aliphatic heterocycles. The summed E-state index contributed by atoms with van der Waals surface area (Å²) in [7, 11) is 0. The summed E-state index contributed by atoms with van der Waals surface area (Å²) in [5, 5.41) is 20.7. The van der Waals surface area contributed by atoms with Gasteiger partial charge in [-0.05, 0) is 12.5 Å². The number of hydrogen-bond donors (Lipinski definition) is 2. The molecule has 1 atom stereocenters. The van der Waals surface area contributed by atoms with Gasteiger partial charge in [-0.3, -0.25) is 4.79 Å². The second kappa shape index (κ2) is 12.6. The van der Waals surface area contributed by atoms with Crippen LogP contribution < -0.4 is 0 Å². The first-order chi connectivity index (χ1) is 14.0. The largest absolute Gasteiger partial charge is 0.494 e. The van der Waals surface area contributed by atoms with Crippen molar-refractivity contribution in [3.05, 3.63) is 59.9 Å². The van der Waals surface area contributed by atoms with Crippen molar-refractivity contribution in [3.63, 3.8) is 0 Å². The molecule has 2 rings (SSSR count). The van der Waals surface area contributed by atoms with E-state index in [2.05, 4.69) is 6.92 Å². The van der Waals surface area contributed by atoms with Crippen LogP contribution in [0.1, 0.15) is 81.5 Å². The summed E-state index contributed by atoms with van der Waals surface area (Å²) in [5.41, 5.74) is 0.456. The van der Waals surface area contributed by atoms with E-state index in [0.717, 1.165) is 12.8 Å². The van der Waals surface area contributed by atoms with Crippen molar-refractivity contribution in [1.82, 2.24) is 0 Å². The first-order valence-corrected chi connectivity index (χ1v) is 11.1. The van der Waals surface area contributed by atoms with E-state index in [-0.39, 0.29) is 5.78 Å². The van der Waals surface area contributed by atoms with Crippen LogP contribution in [0.5, 0.6) is 0 Å². The maximum atomic E-state index is 12.5. The Morgan fingerprint density at radius 3 is 2.10 bits per heavy atom. The summed E-state index contributed by atoms with van der Waals surface area (Å²) < 4.78 is 5.67. The SMILES string of the molecule is CCCCCCCCCCCCOC1=CC(O)(O)C(C(=O)c2ccccc2)C=C1. The Labute approximate surface area is 175 Å². The molecule has 0 bridgehead atoms. The molecule has 0 amide bonds. The second-order valence-corrected chi connectivity index (χ2v) is 7.93. The van der Waals surface area contributed by atoms with Crippen LogP contribution in [0, 0.1) is 5.92 Å². The Bertz CT molecular complexity index is 661. The van der Waals surface area contributed by atoms with Gasteiger partial charge < -0.3 is 14.9 Å². The number of hydrogen-bond acceptors (Lipinski definition) is 4. The first kappa shape index (κ1) is 23.4. The van der Waals surface area contributed by atoms with Crippen molar-refractivity contribution in [3.8, 4) is 0 Å². The maximum absolute atomic E-state index is 12.5. The van der Waals surface area contributed by atoms with Crippen LogP contribution in [0.2, 0.25) is 0 Å². The molecule has 1 aromatic rings. The molecule has 1 aromatic carbocycles. The van der Waals surface area contributed by atoms with Crippen molar-refractivity contribution >= 4 is 5.78 Å². The molecular formula is C25H36O4. The minimum Gasteiger partial charge on any atom is -0.494 e. The molecule has 29 heavy (non-hydrogen) atoms. The monoisotopic (exact) mass is 400 g/mol. The Morgan fingerprint density at radius 1 is 0.931 bits per heavy atom. The molecule has 4 heteroatoms. The molecule has 0 aromatic heterocycles. The Hall–Kier alpha value is -1.91. The number of carbonyl (C=O) groups excluding carboxylic acids is 1. The quantitative estimate of drug-likeness (QED) is 0.244. The number of ether oxygens (including phenoxy) is 1. The highest BCUT2D eigenvalue weighted by molar-refractivity contribution is 5.99. The topological polar surface area (TPSA) is 66.8 Å². The highest BCUT2D eigenvalue weighted by Gasteiger charge is 2.39. The lowest BCUT2D eigenvalue weighted by molar-refractivity contribution is -0.139. The van der Waals surface area contributed by atoms with Crippen LogP contribution in [0.15, 0.2) is 54.3 Å². The van der Waals surface area contributed by atoms with Crippen LogP contribution in [-0.4, -0.2) is 28.4 Å². The first-order valence-electron chi connectivity index (χ1n) is 11.1. The summed E-state index contributed by atoms with van der Waals surface area (Å²) in [6.07, 6.45) is 17.0. The highest BCUT2D eigenvalue weighted by Crippen LogP contribution is 2.29. The predicted molar refractivity (Wildman–Crippen MR) is 116 cm³/mol. The third-order valence-electron chi connectivity index (χ3n) is 5.37. The van der Waals surface area contributed by atoms with E-state index in [1.165, 1.54) is 63.5 Å². The highest BCUT2D eigenvalue weighted by atomic mass is 16.5. The number of unbranched alkanes of at least 4 members (excludes halogenated alkanes) is 9. The molecule has 160 valence electrons. The fourth-order valence-electron chi connectivity index (χ4n) is 3.61. The van der Waals surface area contributed by atoms with E-state index < -0.39 is 11.7 Å². The summed E-state index contributed by atoms with van der Waals surface area (Å²) in [4.78, 5) is 12.5. The van der Waals surface area contributed by atoms with Crippen LogP contribution in [0.25, 0.3) is 0 Å². The van der Waals surface area contributed by atoms with Gasteiger partial charge in [0.05, 0.1) is 12.5 Å². The Kier molecular flexibility index (Phi) is 10.2. The third-order valence-corrected chi connectivity index (χ3v) is 5.37. The van der Waals surface area contributed by atoms with Crippen molar-refractivity contribution in [2.75, 3.05) is 6.61 Å². The molecule has 0 saturated carbocycles. The zero-order valence-corrected chi connectivity index (χ0v) is 17.7. The van der Waals surface area contributed by atoms with Crippen molar-refractivity contribution < 1.29 is 19.7 Å². The van der Waals surface area contributed by atoms with Crippen molar-refractivity contribution in [1.29, 1.82) is 0 Å². The Morgan fingerprint density at radius 2 is 1.52 bits per heavy atom. The lowest BCUT2D eigenvalue weighted by atomic mass is 9.86. The molecular weight excluding hydrogens is 364 g/mol. The van der Waals surface area contributed by atoms with Gasteiger partial charge in [0.2, 0.25) is 5.79 Å². The molecule has 0 fully saturated rings. The number of carbonyl (C=O) groups is 1. The van der Waals surface area contributed by atoms with E-state index in [1.807, 2.05) is 6.07 Å². The zero-order chi connectivity index (χ0) is 21.0. The van der Waals surface area contributed by atoms with Crippen LogP contribution in [-0.2, 0) is 4.74 Å². The Balaban J connectivity index is 1.64. The smallest absolute Gasteiger partial charge is 0.200 e. The molecule has 0 heterocycles. The molecule has 1 unspecified atom stereocenters. The molecule has 2 N–H and O–H groups in total. The lowest BCUT2D eigenvalue weighted by Gasteiger charge is -2.29. The van der Waals surface area contributed by atoms with Crippen molar-refractivity contribution in [2.45, 2.75) is 76.9 Å². The lowest BCUT2D eigenvalue weighted by Crippen LogP contribution is -2.41. The molecule has 0 saturated heterocycles. The standard InChI is InChI=1S/C25H36O4/c1-2-3-4-5-6-7-8-9-10-14-19-29-22-17-18-23(25(27,28)20-22)24(26)21-15-12-11-13-16-21/h11-13,15-18,20,23,27-28H,2-10,14,19H2,1H3. The van der Waals surface area contributed by atoms with Gasteiger partial charge in [0.25, 0.3) is 0 Å². The minimum atomic E-state index is -2.24. The number of allylic oxidation sites excluding steroid dienone is 1. The number of Topliss-reactive ketones (excluding diaryl/α,β-unsaturated/α-hetero) is 1. The van der Waals surface area contributed by atoms with Gasteiger partial charge >= 0.3 is 0 Å². The van der Waals surface area contributed by atoms with Gasteiger partial charge in [-0.15, -0.1) is 0 Å². The summed E-state index contributed by atoms with van der Waals surface area (Å²) in [5.74, 6) is -3.19. The molecule has 4 nitrogen and oxygen atoms in total. The third kappa shape index (κ3) is 8.15. The van der Waals surface area contributed by atoms with E-state index in [9.17, 15) is 15.0 Å². The van der Waals surface area contributed by atoms with Gasteiger partial charge in [0, 0.05) is 11.6 Å². The van der Waals surface area contributed by atoms with Gasteiger partial charge in [-0.1, -0.05) is 101 Å². The molecule has 0 radical (unpaired) electrons. The van der Waals surface area contributed by atoms with E-state index in [0.29, 0.717) is 17.9 Å². The molecule has 1 aliphatic carbocycles. The number of aliphatic hydroxyl groups is 2. The summed E-state index contributed by atoms with van der Waals surface area (Å²) in [6, 6.07) is 8.68. The van der Waals surface area contributed by atoms with Crippen molar-refractivity contribution in [2.24, 2.45) is 5.92 Å². The van der Waals surface area contributed by atoms with E-state index in [1.54, 1.807) is 30.3 Å².